The SMILES string of the molecule is CCN(CC)S(=O)(=O)c1cccc(C(=O)NCC(=O)N(C)CCOc2ccccc2F)c1. The zero-order valence-corrected chi connectivity index (χ0v) is 19.2. The van der Waals surface area contributed by atoms with Crippen LogP contribution in [0.1, 0.15) is 24.2 Å². The number of amides is 2. The van der Waals surface area contributed by atoms with E-state index in [1.165, 1.54) is 52.7 Å². The number of carbonyl (C=O) groups is 2. The zero-order chi connectivity index (χ0) is 23.7. The predicted molar refractivity (Wildman–Crippen MR) is 118 cm³/mol. The molecule has 0 unspecified atom stereocenters. The summed E-state index contributed by atoms with van der Waals surface area (Å²) in [4.78, 5) is 26.1. The first-order chi connectivity index (χ1) is 15.2. The number of halogens is 1. The van der Waals surface area contributed by atoms with E-state index in [1.54, 1.807) is 26.0 Å². The van der Waals surface area contributed by atoms with Crippen LogP contribution < -0.4 is 10.1 Å². The highest BCUT2D eigenvalue weighted by atomic mass is 32.2. The second-order valence-electron chi connectivity index (χ2n) is 6.89. The maximum atomic E-state index is 13.5. The number of sulfonamides is 1. The molecule has 2 aromatic rings. The van der Waals surface area contributed by atoms with Crippen molar-refractivity contribution in [3.63, 3.8) is 0 Å². The van der Waals surface area contributed by atoms with Gasteiger partial charge in [0, 0.05) is 25.7 Å². The van der Waals surface area contributed by atoms with Gasteiger partial charge in [0.2, 0.25) is 15.9 Å². The van der Waals surface area contributed by atoms with E-state index >= 15 is 0 Å². The highest BCUT2D eigenvalue weighted by Gasteiger charge is 2.22. The van der Waals surface area contributed by atoms with Crippen LogP contribution >= 0.6 is 0 Å². The second-order valence-corrected chi connectivity index (χ2v) is 8.83. The van der Waals surface area contributed by atoms with Gasteiger partial charge in [-0.1, -0.05) is 32.0 Å². The van der Waals surface area contributed by atoms with Gasteiger partial charge in [-0.25, -0.2) is 12.8 Å². The Morgan fingerprint density at radius 1 is 1.06 bits per heavy atom. The van der Waals surface area contributed by atoms with Crippen molar-refractivity contribution in [3.05, 3.63) is 59.9 Å². The van der Waals surface area contributed by atoms with Gasteiger partial charge in [-0.15, -0.1) is 0 Å². The Morgan fingerprint density at radius 2 is 1.75 bits per heavy atom. The zero-order valence-electron chi connectivity index (χ0n) is 18.4. The lowest BCUT2D eigenvalue weighted by molar-refractivity contribution is -0.129. The minimum absolute atomic E-state index is 0.0163. The lowest BCUT2D eigenvalue weighted by Crippen LogP contribution is -2.39. The molecule has 0 saturated carbocycles. The van der Waals surface area contributed by atoms with E-state index in [9.17, 15) is 22.4 Å². The summed E-state index contributed by atoms with van der Waals surface area (Å²) >= 11 is 0. The van der Waals surface area contributed by atoms with Crippen molar-refractivity contribution >= 4 is 21.8 Å². The minimum Gasteiger partial charge on any atom is -0.489 e. The molecule has 0 aliphatic carbocycles. The summed E-state index contributed by atoms with van der Waals surface area (Å²) in [5.41, 5.74) is 0.136. The molecular weight excluding hydrogens is 437 g/mol. The van der Waals surface area contributed by atoms with Crippen molar-refractivity contribution in [2.24, 2.45) is 0 Å². The van der Waals surface area contributed by atoms with Crippen LogP contribution in [-0.4, -0.2) is 69.3 Å². The van der Waals surface area contributed by atoms with Gasteiger partial charge in [-0.05, 0) is 30.3 Å². The molecule has 2 aromatic carbocycles. The molecular formula is C22H28FN3O5S. The standard InChI is InChI=1S/C22H28FN3O5S/c1-4-26(5-2)32(29,30)18-10-8-9-17(15-18)22(28)24-16-21(27)25(3)13-14-31-20-12-7-6-11-19(20)23/h6-12,15H,4-5,13-14,16H2,1-3H3,(H,24,28). The van der Waals surface area contributed by atoms with Gasteiger partial charge >= 0.3 is 0 Å². The average molecular weight is 466 g/mol. The summed E-state index contributed by atoms with van der Waals surface area (Å²) in [5.74, 6) is -1.33. The monoisotopic (exact) mass is 465 g/mol. The molecule has 0 radical (unpaired) electrons. The van der Waals surface area contributed by atoms with E-state index in [1.807, 2.05) is 0 Å². The molecule has 0 fully saturated rings. The lowest BCUT2D eigenvalue weighted by atomic mass is 10.2. The first-order valence-electron chi connectivity index (χ1n) is 10.2. The van der Waals surface area contributed by atoms with Crippen molar-refractivity contribution in [2.45, 2.75) is 18.7 Å². The molecule has 0 heterocycles. The lowest BCUT2D eigenvalue weighted by Gasteiger charge is -2.19. The maximum Gasteiger partial charge on any atom is 0.251 e. The van der Waals surface area contributed by atoms with Gasteiger partial charge in [0.25, 0.3) is 5.91 Å². The third kappa shape index (κ3) is 6.51. The third-order valence-electron chi connectivity index (χ3n) is 4.79. The van der Waals surface area contributed by atoms with Gasteiger partial charge < -0.3 is 15.0 Å². The fourth-order valence-corrected chi connectivity index (χ4v) is 4.39. The van der Waals surface area contributed by atoms with Crippen molar-refractivity contribution in [1.82, 2.24) is 14.5 Å². The number of para-hydroxylation sites is 1. The summed E-state index contributed by atoms with van der Waals surface area (Å²) in [5, 5.41) is 2.49. The van der Waals surface area contributed by atoms with Crippen molar-refractivity contribution in [2.75, 3.05) is 39.8 Å². The smallest absolute Gasteiger partial charge is 0.251 e. The summed E-state index contributed by atoms with van der Waals surface area (Å²) in [6.45, 7) is 4.11. The third-order valence-corrected chi connectivity index (χ3v) is 6.83. The largest absolute Gasteiger partial charge is 0.489 e. The summed E-state index contributed by atoms with van der Waals surface area (Å²) in [6, 6.07) is 11.7. The number of nitrogens with zero attached hydrogens (tertiary/aromatic N) is 2. The van der Waals surface area contributed by atoms with Gasteiger partial charge in [-0.2, -0.15) is 4.31 Å². The summed E-state index contributed by atoms with van der Waals surface area (Å²) < 4.78 is 45.4. The van der Waals surface area contributed by atoms with Crippen LogP contribution in [0.5, 0.6) is 5.75 Å². The molecule has 0 aliphatic heterocycles. The second kappa shape index (κ2) is 11.6. The quantitative estimate of drug-likeness (QED) is 0.549. The maximum absolute atomic E-state index is 13.5. The van der Waals surface area contributed by atoms with Crippen LogP contribution in [0.2, 0.25) is 0 Å². The molecule has 2 rings (SSSR count). The Morgan fingerprint density at radius 3 is 2.41 bits per heavy atom. The summed E-state index contributed by atoms with van der Waals surface area (Å²) in [6.07, 6.45) is 0. The number of rotatable bonds is 11. The van der Waals surface area contributed by atoms with Crippen LogP contribution in [0.25, 0.3) is 0 Å². The molecule has 0 saturated heterocycles. The van der Waals surface area contributed by atoms with Crippen molar-refractivity contribution < 1.29 is 27.1 Å². The molecule has 174 valence electrons. The first-order valence-corrected chi connectivity index (χ1v) is 11.6. The minimum atomic E-state index is -3.70. The highest BCUT2D eigenvalue weighted by molar-refractivity contribution is 7.89. The summed E-state index contributed by atoms with van der Waals surface area (Å²) in [7, 11) is -2.16. The number of nitrogens with one attached hydrogen (secondary N) is 1. The van der Waals surface area contributed by atoms with Crippen LogP contribution in [0.4, 0.5) is 4.39 Å². The van der Waals surface area contributed by atoms with Crippen molar-refractivity contribution in [1.29, 1.82) is 0 Å². The van der Waals surface area contributed by atoms with Crippen LogP contribution in [0.3, 0.4) is 0 Å². The molecule has 0 spiro atoms. The average Bonchev–Trinajstić information content (AvgIpc) is 2.79. The Balaban J connectivity index is 1.90. The van der Waals surface area contributed by atoms with Gasteiger partial charge in [0.05, 0.1) is 18.0 Å². The van der Waals surface area contributed by atoms with Gasteiger partial charge in [0.15, 0.2) is 11.6 Å². The highest BCUT2D eigenvalue weighted by Crippen LogP contribution is 2.17. The number of hydrogen-bond acceptors (Lipinski definition) is 5. The Bertz CT molecular complexity index is 1040. The van der Waals surface area contributed by atoms with E-state index in [0.717, 1.165) is 0 Å². The van der Waals surface area contributed by atoms with Crippen LogP contribution in [0.15, 0.2) is 53.4 Å². The number of carbonyl (C=O) groups excluding carboxylic acids is 2. The molecule has 32 heavy (non-hydrogen) atoms. The van der Waals surface area contributed by atoms with Gasteiger partial charge in [-0.3, -0.25) is 9.59 Å². The number of hydrogen-bond donors (Lipinski definition) is 1. The van der Waals surface area contributed by atoms with Crippen molar-refractivity contribution in [3.8, 4) is 5.75 Å². The number of likely N-dealkylation sites (N-methyl/N-ethyl adjacent to an activating group) is 1. The first kappa shape index (κ1) is 25.3. The number of benzene rings is 2. The molecule has 10 heteroatoms. The Kier molecular flexibility index (Phi) is 9.15. The normalized spacial score (nSPS) is 11.3. The fraction of sp³-hybridized carbons (Fsp3) is 0.364. The van der Waals surface area contributed by atoms with E-state index in [2.05, 4.69) is 5.32 Å². The molecule has 0 aromatic heterocycles. The molecule has 8 nitrogen and oxygen atoms in total. The Hall–Kier alpha value is -2.98. The molecule has 1 N–H and O–H groups in total. The van der Waals surface area contributed by atoms with E-state index in [4.69, 9.17) is 4.74 Å². The van der Waals surface area contributed by atoms with E-state index in [0.29, 0.717) is 13.1 Å². The van der Waals surface area contributed by atoms with Crippen LogP contribution in [0, 0.1) is 5.82 Å². The van der Waals surface area contributed by atoms with Gasteiger partial charge in [0.1, 0.15) is 6.61 Å². The predicted octanol–water partition coefficient (Wildman–Crippen LogP) is 2.12. The molecule has 0 bridgehead atoms. The Labute approximate surface area is 188 Å². The fourth-order valence-electron chi connectivity index (χ4n) is 2.88. The molecule has 0 aliphatic rings. The van der Waals surface area contributed by atoms with Crippen LogP contribution in [-0.2, 0) is 14.8 Å². The molecule has 0 atom stereocenters. The van der Waals surface area contributed by atoms with E-state index < -0.39 is 21.7 Å². The molecule has 2 amide bonds. The topological polar surface area (TPSA) is 96.0 Å². The number of ether oxygens (including phenoxy) is 1. The van der Waals surface area contributed by atoms with E-state index in [-0.39, 0.29) is 41.8 Å².